The Morgan fingerprint density at radius 1 is 1.17 bits per heavy atom. The number of nitrogens with one attached hydrogen (secondary N) is 1. The molecular weight excluding hydrogens is 394 g/mol. The number of imide groups is 1. The lowest BCUT2D eigenvalue weighted by molar-refractivity contribution is -0.127. The van der Waals surface area contributed by atoms with Crippen LogP contribution in [0.2, 0.25) is 5.02 Å². The van der Waals surface area contributed by atoms with E-state index in [1.807, 2.05) is 6.07 Å². The van der Waals surface area contributed by atoms with Gasteiger partial charge in [-0.2, -0.15) is 0 Å². The molecule has 1 atom stereocenters. The highest BCUT2D eigenvalue weighted by Crippen LogP contribution is 2.45. The molecule has 2 aromatic rings. The third-order valence-electron chi connectivity index (χ3n) is 5.69. The normalized spacial score (nSPS) is 19.7. The predicted molar refractivity (Wildman–Crippen MR) is 109 cm³/mol. The fourth-order valence-electron chi connectivity index (χ4n) is 4.30. The van der Waals surface area contributed by atoms with Crippen LogP contribution in [-0.4, -0.2) is 17.8 Å². The molecule has 1 aliphatic heterocycles. The number of carbonyl (C=O) groups is 3. The number of hydrogen-bond donors (Lipinski definition) is 2. The summed E-state index contributed by atoms with van der Waals surface area (Å²) in [5, 5.41) is 2.81. The molecule has 1 aromatic carbocycles. The van der Waals surface area contributed by atoms with Crippen molar-refractivity contribution in [2.75, 3.05) is 10.2 Å². The standard InChI is InChI=1S/C21H22ClN3O4/c22-14-10-13(12-6-3-1-2-4-7-12)11-15-17(14)18(19(23)26)20(27)25(15)21(28)24-16-8-5-9-29-16/h5,8-12,18H,1-4,6-7H2,(H2,23,26)(H,24,28). The number of fused-ring (bicyclic) bond motifs is 1. The number of anilines is 2. The van der Waals surface area contributed by atoms with E-state index in [2.05, 4.69) is 5.32 Å². The van der Waals surface area contributed by atoms with E-state index < -0.39 is 23.8 Å². The van der Waals surface area contributed by atoms with Crippen LogP contribution >= 0.6 is 11.6 Å². The number of primary amides is 1. The third-order valence-corrected chi connectivity index (χ3v) is 6.01. The average molecular weight is 416 g/mol. The Labute approximate surface area is 173 Å². The highest BCUT2D eigenvalue weighted by atomic mass is 35.5. The maximum absolute atomic E-state index is 12.9. The van der Waals surface area contributed by atoms with Crippen LogP contribution in [0.25, 0.3) is 0 Å². The first-order chi connectivity index (χ1) is 14.0. The molecule has 1 fully saturated rings. The highest BCUT2D eigenvalue weighted by molar-refractivity contribution is 6.36. The molecule has 1 aromatic heterocycles. The highest BCUT2D eigenvalue weighted by Gasteiger charge is 2.46. The Morgan fingerprint density at radius 2 is 1.90 bits per heavy atom. The second kappa shape index (κ2) is 7.91. The summed E-state index contributed by atoms with van der Waals surface area (Å²) in [6.07, 6.45) is 8.13. The van der Waals surface area contributed by atoms with E-state index in [1.54, 1.807) is 18.2 Å². The Morgan fingerprint density at radius 3 is 2.52 bits per heavy atom. The lowest BCUT2D eigenvalue weighted by Gasteiger charge is -2.20. The maximum Gasteiger partial charge on any atom is 0.335 e. The van der Waals surface area contributed by atoms with Gasteiger partial charge >= 0.3 is 6.03 Å². The molecule has 4 amide bonds. The summed E-state index contributed by atoms with van der Waals surface area (Å²) in [7, 11) is 0. The molecule has 0 spiro atoms. The molecule has 152 valence electrons. The Balaban J connectivity index is 1.75. The number of hydrogen-bond acceptors (Lipinski definition) is 4. The zero-order valence-electron chi connectivity index (χ0n) is 15.8. The summed E-state index contributed by atoms with van der Waals surface area (Å²) < 4.78 is 5.13. The largest absolute Gasteiger partial charge is 0.449 e. The van der Waals surface area contributed by atoms with Gasteiger partial charge in [0.05, 0.1) is 12.0 Å². The van der Waals surface area contributed by atoms with E-state index in [4.69, 9.17) is 21.8 Å². The number of furan rings is 1. The first-order valence-corrected chi connectivity index (χ1v) is 10.2. The van der Waals surface area contributed by atoms with E-state index in [0.717, 1.165) is 36.1 Å². The number of benzene rings is 1. The van der Waals surface area contributed by atoms with Gasteiger partial charge in [-0.15, -0.1) is 0 Å². The molecule has 1 saturated carbocycles. The zero-order chi connectivity index (χ0) is 20.5. The Bertz CT molecular complexity index is 949. The van der Waals surface area contributed by atoms with E-state index in [0.29, 0.717) is 11.6 Å². The van der Waals surface area contributed by atoms with Gasteiger partial charge in [-0.3, -0.25) is 14.9 Å². The fraction of sp³-hybridized carbons (Fsp3) is 0.381. The molecule has 0 saturated heterocycles. The van der Waals surface area contributed by atoms with Crippen LogP contribution < -0.4 is 16.0 Å². The monoisotopic (exact) mass is 415 g/mol. The van der Waals surface area contributed by atoms with Gasteiger partial charge in [0.25, 0.3) is 5.91 Å². The zero-order valence-corrected chi connectivity index (χ0v) is 16.6. The van der Waals surface area contributed by atoms with Crippen LogP contribution in [0.1, 0.15) is 61.5 Å². The minimum atomic E-state index is -1.29. The van der Waals surface area contributed by atoms with Gasteiger partial charge in [0, 0.05) is 16.7 Å². The Kier molecular flexibility index (Phi) is 5.32. The van der Waals surface area contributed by atoms with Crippen molar-refractivity contribution in [3.8, 4) is 0 Å². The molecule has 4 rings (SSSR count). The number of urea groups is 1. The number of amides is 4. The van der Waals surface area contributed by atoms with Gasteiger partial charge in [-0.1, -0.05) is 37.3 Å². The summed E-state index contributed by atoms with van der Waals surface area (Å²) in [5.41, 5.74) is 7.06. The van der Waals surface area contributed by atoms with E-state index in [9.17, 15) is 14.4 Å². The fourth-order valence-corrected chi connectivity index (χ4v) is 4.63. The third kappa shape index (κ3) is 3.62. The van der Waals surface area contributed by atoms with Crippen LogP contribution in [0.5, 0.6) is 0 Å². The van der Waals surface area contributed by atoms with Crippen LogP contribution in [0.4, 0.5) is 16.4 Å². The van der Waals surface area contributed by atoms with E-state index in [1.165, 1.54) is 19.1 Å². The molecular formula is C21H22ClN3O4. The SMILES string of the molecule is NC(=O)C1C(=O)N(C(=O)Nc2ccco2)c2cc(C3CCCCCC3)cc(Cl)c21. The molecule has 7 nitrogen and oxygen atoms in total. The molecule has 0 radical (unpaired) electrons. The van der Waals surface area contributed by atoms with Gasteiger partial charge in [0.1, 0.15) is 5.92 Å². The molecule has 1 aliphatic carbocycles. The number of rotatable bonds is 3. The maximum atomic E-state index is 12.9. The molecule has 8 heteroatoms. The molecule has 29 heavy (non-hydrogen) atoms. The van der Waals surface area contributed by atoms with E-state index in [-0.39, 0.29) is 16.5 Å². The van der Waals surface area contributed by atoms with Gasteiger partial charge < -0.3 is 10.2 Å². The van der Waals surface area contributed by atoms with Crippen LogP contribution in [0.15, 0.2) is 34.9 Å². The van der Waals surface area contributed by atoms with Crippen LogP contribution in [0, 0.1) is 0 Å². The summed E-state index contributed by atoms with van der Waals surface area (Å²) in [5.74, 6) is -2.34. The second-order valence-corrected chi connectivity index (χ2v) is 7.95. The second-order valence-electron chi connectivity index (χ2n) is 7.54. The number of nitrogens with zero attached hydrogens (tertiary/aromatic N) is 1. The van der Waals surface area contributed by atoms with Gasteiger partial charge in [-0.25, -0.2) is 9.69 Å². The molecule has 2 aliphatic rings. The molecule has 1 unspecified atom stereocenters. The van der Waals surface area contributed by atoms with Gasteiger partial charge in [0.2, 0.25) is 11.8 Å². The average Bonchev–Trinajstić information content (AvgIpc) is 3.17. The van der Waals surface area contributed by atoms with Crippen molar-refractivity contribution < 1.29 is 18.8 Å². The Hall–Kier alpha value is -2.80. The summed E-state index contributed by atoms with van der Waals surface area (Å²) in [6.45, 7) is 0. The van der Waals surface area contributed by atoms with Gasteiger partial charge in [0.15, 0.2) is 0 Å². The number of nitrogens with two attached hydrogens (primary N) is 1. The lowest BCUT2D eigenvalue weighted by atomic mass is 9.89. The summed E-state index contributed by atoms with van der Waals surface area (Å²) in [6, 6.07) is 6.07. The lowest BCUT2D eigenvalue weighted by Crippen LogP contribution is -2.40. The minimum Gasteiger partial charge on any atom is -0.449 e. The first-order valence-electron chi connectivity index (χ1n) is 9.78. The van der Waals surface area contributed by atoms with Crippen molar-refractivity contribution in [1.29, 1.82) is 0 Å². The predicted octanol–water partition coefficient (Wildman–Crippen LogP) is 4.52. The molecule has 3 N–H and O–H groups in total. The van der Waals surface area contributed by atoms with Crippen molar-refractivity contribution in [2.45, 2.75) is 50.4 Å². The smallest absolute Gasteiger partial charge is 0.335 e. The van der Waals surface area contributed by atoms with Crippen LogP contribution in [-0.2, 0) is 9.59 Å². The van der Waals surface area contributed by atoms with Crippen LogP contribution in [0.3, 0.4) is 0 Å². The van der Waals surface area contributed by atoms with Crippen molar-refractivity contribution in [3.05, 3.63) is 46.7 Å². The molecule has 2 heterocycles. The van der Waals surface area contributed by atoms with Crippen molar-refractivity contribution in [2.24, 2.45) is 5.73 Å². The summed E-state index contributed by atoms with van der Waals surface area (Å²) in [4.78, 5) is 38.7. The topological polar surface area (TPSA) is 106 Å². The van der Waals surface area contributed by atoms with Crippen molar-refractivity contribution in [3.63, 3.8) is 0 Å². The first kappa shape index (κ1) is 19.5. The van der Waals surface area contributed by atoms with Crippen molar-refractivity contribution in [1.82, 2.24) is 0 Å². The minimum absolute atomic E-state index is 0.192. The van der Waals surface area contributed by atoms with E-state index >= 15 is 0 Å². The van der Waals surface area contributed by atoms with Crippen molar-refractivity contribution >= 4 is 41.0 Å². The molecule has 0 bridgehead atoms. The quantitative estimate of drug-likeness (QED) is 0.567. The number of carbonyl (C=O) groups excluding carboxylic acids is 3. The summed E-state index contributed by atoms with van der Waals surface area (Å²) >= 11 is 6.51. The van der Waals surface area contributed by atoms with Gasteiger partial charge in [-0.05, 0) is 42.5 Å². The number of halogens is 1.